The lowest BCUT2D eigenvalue weighted by atomic mass is 9.92. The number of hydrogen-bond donors (Lipinski definition) is 1. The maximum Gasteiger partial charge on any atom is 0.225 e. The Bertz CT molecular complexity index is 561. The molecule has 0 saturated carbocycles. The van der Waals surface area contributed by atoms with Gasteiger partial charge in [-0.05, 0) is 30.7 Å². The minimum Gasteiger partial charge on any atom is -0.349 e. The van der Waals surface area contributed by atoms with Crippen molar-refractivity contribution in [1.29, 1.82) is 0 Å². The van der Waals surface area contributed by atoms with Gasteiger partial charge in [0.05, 0.1) is 6.04 Å². The number of carbonyl (C=O) groups excluding carboxylic acids is 2. The Morgan fingerprint density at radius 1 is 1.08 bits per heavy atom. The van der Waals surface area contributed by atoms with E-state index in [9.17, 15) is 9.59 Å². The van der Waals surface area contributed by atoms with Gasteiger partial charge < -0.3 is 10.2 Å². The van der Waals surface area contributed by atoms with E-state index >= 15 is 0 Å². The summed E-state index contributed by atoms with van der Waals surface area (Å²) in [6, 6.07) is 10.3. The van der Waals surface area contributed by atoms with E-state index in [1.54, 1.807) is 0 Å². The van der Waals surface area contributed by atoms with Crippen molar-refractivity contribution in [3.05, 3.63) is 35.9 Å². The molecule has 2 rings (SSSR count). The molecule has 1 aliphatic heterocycles. The van der Waals surface area contributed by atoms with E-state index < -0.39 is 0 Å². The Hall–Kier alpha value is -1.84. The predicted molar refractivity (Wildman–Crippen MR) is 101 cm³/mol. The molecular formula is C21H32N2O2. The Morgan fingerprint density at radius 3 is 2.20 bits per heavy atom. The number of benzene rings is 1. The lowest BCUT2D eigenvalue weighted by molar-refractivity contribution is -0.138. The van der Waals surface area contributed by atoms with Gasteiger partial charge in [-0.3, -0.25) is 9.59 Å². The van der Waals surface area contributed by atoms with Crippen LogP contribution in [0.25, 0.3) is 0 Å². The fourth-order valence-electron chi connectivity index (χ4n) is 3.45. The number of carbonyl (C=O) groups is 2. The SMILES string of the molecule is CC(C)CC(NC(=O)C1CCN(C(=O)C(C)C)CC1)c1ccccc1. The van der Waals surface area contributed by atoms with Crippen molar-refractivity contribution < 1.29 is 9.59 Å². The topological polar surface area (TPSA) is 49.4 Å². The number of piperidine rings is 1. The quantitative estimate of drug-likeness (QED) is 0.854. The van der Waals surface area contributed by atoms with Crippen molar-refractivity contribution in [2.45, 2.75) is 53.0 Å². The van der Waals surface area contributed by atoms with Gasteiger partial charge in [0.15, 0.2) is 0 Å². The summed E-state index contributed by atoms with van der Waals surface area (Å²) in [5.41, 5.74) is 1.16. The van der Waals surface area contributed by atoms with Crippen LogP contribution in [0.2, 0.25) is 0 Å². The minimum atomic E-state index is 0.00888. The molecule has 2 amide bonds. The van der Waals surface area contributed by atoms with E-state index in [1.165, 1.54) is 0 Å². The standard InChI is InChI=1S/C21H32N2O2/c1-15(2)14-19(17-8-6-5-7-9-17)22-20(24)18-10-12-23(13-11-18)21(25)16(3)4/h5-9,15-16,18-19H,10-14H2,1-4H3,(H,22,24). The van der Waals surface area contributed by atoms with Gasteiger partial charge in [-0.15, -0.1) is 0 Å². The van der Waals surface area contributed by atoms with Gasteiger partial charge in [-0.25, -0.2) is 0 Å². The Balaban J connectivity index is 1.94. The summed E-state index contributed by atoms with van der Waals surface area (Å²) in [6.45, 7) is 9.59. The highest BCUT2D eigenvalue weighted by Gasteiger charge is 2.29. The minimum absolute atomic E-state index is 0.00888. The molecule has 4 nitrogen and oxygen atoms in total. The van der Waals surface area contributed by atoms with Crippen LogP contribution >= 0.6 is 0 Å². The maximum atomic E-state index is 12.8. The van der Waals surface area contributed by atoms with Crippen molar-refractivity contribution in [2.24, 2.45) is 17.8 Å². The summed E-state index contributed by atoms with van der Waals surface area (Å²) in [5, 5.41) is 3.26. The van der Waals surface area contributed by atoms with Crippen LogP contribution < -0.4 is 5.32 Å². The first-order valence-electron chi connectivity index (χ1n) is 9.52. The molecule has 1 aromatic rings. The molecule has 1 saturated heterocycles. The molecule has 25 heavy (non-hydrogen) atoms. The summed E-state index contributed by atoms with van der Waals surface area (Å²) in [4.78, 5) is 26.7. The van der Waals surface area contributed by atoms with Gasteiger partial charge in [-0.1, -0.05) is 58.0 Å². The highest BCUT2D eigenvalue weighted by atomic mass is 16.2. The molecule has 0 bridgehead atoms. The van der Waals surface area contributed by atoms with E-state index in [2.05, 4.69) is 31.3 Å². The zero-order valence-electron chi connectivity index (χ0n) is 16.0. The van der Waals surface area contributed by atoms with E-state index in [0.717, 1.165) is 24.8 Å². The monoisotopic (exact) mass is 344 g/mol. The molecule has 0 aromatic heterocycles. The lowest BCUT2D eigenvalue weighted by Crippen LogP contribution is -2.45. The molecule has 4 heteroatoms. The van der Waals surface area contributed by atoms with E-state index in [0.29, 0.717) is 19.0 Å². The van der Waals surface area contributed by atoms with E-state index in [1.807, 2.05) is 36.9 Å². The highest BCUT2D eigenvalue weighted by Crippen LogP contribution is 2.24. The smallest absolute Gasteiger partial charge is 0.225 e. The maximum absolute atomic E-state index is 12.8. The summed E-state index contributed by atoms with van der Waals surface area (Å²) < 4.78 is 0. The largest absolute Gasteiger partial charge is 0.349 e. The molecule has 1 heterocycles. The van der Waals surface area contributed by atoms with Crippen molar-refractivity contribution in [3.8, 4) is 0 Å². The second-order valence-electron chi connectivity index (χ2n) is 7.86. The average Bonchev–Trinajstić information content (AvgIpc) is 2.61. The third kappa shape index (κ3) is 5.58. The molecular weight excluding hydrogens is 312 g/mol. The molecule has 138 valence electrons. The second kappa shape index (κ2) is 9.02. The van der Waals surface area contributed by atoms with E-state index in [-0.39, 0.29) is 29.7 Å². The normalized spacial score (nSPS) is 17.0. The third-order valence-electron chi connectivity index (χ3n) is 4.90. The second-order valence-corrected chi connectivity index (χ2v) is 7.86. The Labute approximate surface area is 152 Å². The van der Waals surface area contributed by atoms with Crippen LogP contribution in [0.15, 0.2) is 30.3 Å². The number of nitrogens with zero attached hydrogens (tertiary/aromatic N) is 1. The molecule has 0 spiro atoms. The third-order valence-corrected chi connectivity index (χ3v) is 4.90. The number of hydrogen-bond acceptors (Lipinski definition) is 2. The lowest BCUT2D eigenvalue weighted by Gasteiger charge is -2.33. The van der Waals surface area contributed by atoms with Crippen molar-refractivity contribution >= 4 is 11.8 Å². The summed E-state index contributed by atoms with van der Waals surface area (Å²) in [7, 11) is 0. The molecule has 0 radical (unpaired) electrons. The first kappa shape index (κ1) is 19.5. The van der Waals surface area contributed by atoms with Gasteiger partial charge in [0.25, 0.3) is 0 Å². The average molecular weight is 344 g/mol. The Kier molecular flexibility index (Phi) is 7.03. The first-order valence-corrected chi connectivity index (χ1v) is 9.52. The molecule has 1 N–H and O–H groups in total. The van der Waals surface area contributed by atoms with Crippen LogP contribution in [-0.4, -0.2) is 29.8 Å². The van der Waals surface area contributed by atoms with Crippen molar-refractivity contribution in [2.75, 3.05) is 13.1 Å². The summed E-state index contributed by atoms with van der Waals surface area (Å²) in [6.07, 6.45) is 2.45. The number of likely N-dealkylation sites (tertiary alicyclic amines) is 1. The van der Waals surface area contributed by atoms with Gasteiger partial charge in [-0.2, -0.15) is 0 Å². The summed E-state index contributed by atoms with van der Waals surface area (Å²) >= 11 is 0. The molecule has 1 aliphatic rings. The zero-order chi connectivity index (χ0) is 18.4. The zero-order valence-corrected chi connectivity index (χ0v) is 16.0. The van der Waals surface area contributed by atoms with Gasteiger partial charge in [0.1, 0.15) is 0 Å². The molecule has 1 atom stereocenters. The molecule has 0 aliphatic carbocycles. The van der Waals surface area contributed by atoms with Crippen LogP contribution in [0.5, 0.6) is 0 Å². The van der Waals surface area contributed by atoms with Crippen LogP contribution in [-0.2, 0) is 9.59 Å². The van der Waals surface area contributed by atoms with Gasteiger partial charge in [0, 0.05) is 24.9 Å². The predicted octanol–water partition coefficient (Wildman–Crippen LogP) is 3.78. The van der Waals surface area contributed by atoms with Crippen molar-refractivity contribution in [3.63, 3.8) is 0 Å². The van der Waals surface area contributed by atoms with Crippen molar-refractivity contribution in [1.82, 2.24) is 10.2 Å². The number of rotatable bonds is 6. The highest BCUT2D eigenvalue weighted by molar-refractivity contribution is 5.81. The Morgan fingerprint density at radius 2 is 1.68 bits per heavy atom. The van der Waals surface area contributed by atoms with Crippen LogP contribution in [0.3, 0.4) is 0 Å². The molecule has 1 aromatic carbocycles. The number of amides is 2. The van der Waals surface area contributed by atoms with E-state index in [4.69, 9.17) is 0 Å². The summed E-state index contributed by atoms with van der Waals surface area (Å²) in [5.74, 6) is 0.872. The van der Waals surface area contributed by atoms with Gasteiger partial charge >= 0.3 is 0 Å². The number of nitrogens with one attached hydrogen (secondary N) is 1. The first-order chi connectivity index (χ1) is 11.9. The van der Waals surface area contributed by atoms with Gasteiger partial charge in [0.2, 0.25) is 11.8 Å². The van der Waals surface area contributed by atoms with Crippen LogP contribution in [0, 0.1) is 17.8 Å². The fraction of sp³-hybridized carbons (Fsp3) is 0.619. The molecule has 1 fully saturated rings. The fourth-order valence-corrected chi connectivity index (χ4v) is 3.45. The van der Waals surface area contributed by atoms with Crippen LogP contribution in [0.1, 0.15) is 58.6 Å². The van der Waals surface area contributed by atoms with Crippen LogP contribution in [0.4, 0.5) is 0 Å². The molecule has 1 unspecified atom stereocenters.